The Balaban J connectivity index is 1.21. The zero-order chi connectivity index (χ0) is 23.9. The van der Waals surface area contributed by atoms with E-state index >= 15 is 0 Å². The summed E-state index contributed by atoms with van der Waals surface area (Å²) in [7, 11) is 2.01. The zero-order valence-electron chi connectivity index (χ0n) is 20.4. The quantitative estimate of drug-likeness (QED) is 0.678. The lowest BCUT2D eigenvalue weighted by molar-refractivity contribution is -0.177. The fraction of sp³-hybridized carbons (Fsp3) is 0.593. The first-order valence-electron chi connectivity index (χ1n) is 12.9. The molecular weight excluding hydrogens is 438 g/mol. The topological polar surface area (TPSA) is 89.2 Å². The second-order valence-corrected chi connectivity index (χ2v) is 11.8. The normalized spacial score (nSPS) is 31.3. The Hall–Kier alpha value is -3.21. The molecule has 2 aliphatic heterocycles. The summed E-state index contributed by atoms with van der Waals surface area (Å²) in [5, 5.41) is 9.40. The van der Waals surface area contributed by atoms with E-state index in [-0.39, 0.29) is 16.9 Å². The van der Waals surface area contributed by atoms with Gasteiger partial charge in [0.1, 0.15) is 23.8 Å². The molecule has 0 N–H and O–H groups in total. The number of hydrogen-bond donors (Lipinski definition) is 0. The van der Waals surface area contributed by atoms with Gasteiger partial charge in [-0.3, -0.25) is 4.79 Å². The van der Waals surface area contributed by atoms with Crippen LogP contribution in [0.5, 0.6) is 0 Å². The first-order valence-corrected chi connectivity index (χ1v) is 12.9. The summed E-state index contributed by atoms with van der Waals surface area (Å²) >= 11 is 0. The van der Waals surface area contributed by atoms with E-state index < -0.39 is 0 Å². The summed E-state index contributed by atoms with van der Waals surface area (Å²) in [6.45, 7) is 4.79. The highest BCUT2D eigenvalue weighted by Gasteiger charge is 2.62. The molecule has 2 atom stereocenters. The Morgan fingerprint density at radius 3 is 2.60 bits per heavy atom. The first-order chi connectivity index (χ1) is 16.9. The van der Waals surface area contributed by atoms with Crippen molar-refractivity contribution in [1.82, 2.24) is 19.9 Å². The van der Waals surface area contributed by atoms with E-state index in [1.165, 1.54) is 12.0 Å². The summed E-state index contributed by atoms with van der Waals surface area (Å²) in [6, 6.07) is 6.02. The van der Waals surface area contributed by atoms with Crippen LogP contribution in [0, 0.1) is 28.6 Å². The minimum absolute atomic E-state index is 0.0329. The largest absolute Gasteiger partial charge is 0.354 e. The van der Waals surface area contributed by atoms with E-state index in [0.29, 0.717) is 17.4 Å². The molecule has 180 valence electrons. The summed E-state index contributed by atoms with van der Waals surface area (Å²) < 4.78 is 0. The average Bonchev–Trinajstić information content (AvgIpc) is 3.35. The fourth-order valence-electron chi connectivity index (χ4n) is 7.47. The molecule has 2 bridgehead atoms. The third kappa shape index (κ3) is 2.84. The predicted molar refractivity (Wildman–Crippen MR) is 131 cm³/mol. The number of amides is 1. The van der Waals surface area contributed by atoms with Gasteiger partial charge < -0.3 is 14.7 Å². The smallest absolute Gasteiger partial charge is 0.228 e. The van der Waals surface area contributed by atoms with Gasteiger partial charge in [0.15, 0.2) is 0 Å². The average molecular weight is 470 g/mol. The van der Waals surface area contributed by atoms with Gasteiger partial charge in [-0.15, -0.1) is 0 Å². The van der Waals surface area contributed by atoms with Crippen molar-refractivity contribution >= 4 is 23.4 Å². The van der Waals surface area contributed by atoms with Crippen molar-refractivity contribution in [2.75, 3.05) is 36.5 Å². The molecule has 5 fully saturated rings. The van der Waals surface area contributed by atoms with Crippen molar-refractivity contribution in [3.8, 4) is 6.07 Å². The van der Waals surface area contributed by atoms with E-state index in [4.69, 9.17) is 9.97 Å². The number of carbonyl (C=O) groups excluding carboxylic acids is 1. The number of carbonyl (C=O) groups is 1. The number of anilines is 3. The molecule has 8 nitrogen and oxygen atoms in total. The van der Waals surface area contributed by atoms with Gasteiger partial charge in [0.2, 0.25) is 5.91 Å². The summed E-state index contributed by atoms with van der Waals surface area (Å²) in [6.07, 6.45) is 10.1. The molecule has 0 aromatic carbocycles. The monoisotopic (exact) mass is 469 g/mol. The van der Waals surface area contributed by atoms with E-state index in [1.54, 1.807) is 18.6 Å². The van der Waals surface area contributed by atoms with Crippen LogP contribution in [-0.2, 0) is 10.2 Å². The lowest BCUT2D eigenvalue weighted by atomic mass is 9.44. The van der Waals surface area contributed by atoms with Crippen LogP contribution in [0.15, 0.2) is 24.7 Å². The highest BCUT2D eigenvalue weighted by Crippen LogP contribution is 2.65. The molecule has 1 spiro atoms. The third-order valence-electron chi connectivity index (χ3n) is 9.70. The Labute approximate surface area is 206 Å². The van der Waals surface area contributed by atoms with Crippen molar-refractivity contribution in [2.24, 2.45) is 17.3 Å². The number of pyridine rings is 1. The maximum absolute atomic E-state index is 13.3. The number of nitriles is 1. The molecule has 35 heavy (non-hydrogen) atoms. The minimum atomic E-state index is -0.0375. The van der Waals surface area contributed by atoms with Crippen molar-refractivity contribution in [1.29, 1.82) is 5.26 Å². The summed E-state index contributed by atoms with van der Waals surface area (Å²) in [4.78, 5) is 34.1. The third-order valence-corrected chi connectivity index (χ3v) is 9.70. The van der Waals surface area contributed by atoms with Crippen LogP contribution in [-0.4, -0.2) is 58.5 Å². The lowest BCUT2D eigenvalue weighted by Crippen LogP contribution is -2.62. The number of rotatable bonds is 4. The van der Waals surface area contributed by atoms with Gasteiger partial charge in [-0.25, -0.2) is 15.0 Å². The van der Waals surface area contributed by atoms with Gasteiger partial charge in [-0.05, 0) is 56.1 Å². The molecule has 4 saturated carbocycles. The number of fused-ring (bicyclic) bond motifs is 2. The second-order valence-electron chi connectivity index (χ2n) is 11.8. The Morgan fingerprint density at radius 2 is 1.94 bits per heavy atom. The highest BCUT2D eigenvalue weighted by atomic mass is 16.2. The summed E-state index contributed by atoms with van der Waals surface area (Å²) in [5.74, 6) is 4.26. The van der Waals surface area contributed by atoms with Crippen molar-refractivity contribution in [2.45, 2.75) is 56.9 Å². The molecule has 1 saturated heterocycles. The van der Waals surface area contributed by atoms with Crippen LogP contribution in [0.25, 0.3) is 0 Å². The van der Waals surface area contributed by atoms with Gasteiger partial charge in [0.25, 0.3) is 0 Å². The number of hydrogen-bond acceptors (Lipinski definition) is 7. The van der Waals surface area contributed by atoms with E-state index in [9.17, 15) is 10.1 Å². The predicted octanol–water partition coefficient (Wildman–Crippen LogP) is 3.40. The Kier molecular flexibility index (Phi) is 4.32. The molecule has 2 aromatic rings. The zero-order valence-corrected chi connectivity index (χ0v) is 20.4. The summed E-state index contributed by atoms with van der Waals surface area (Å²) in [5.41, 5.74) is 1.83. The van der Waals surface area contributed by atoms with Gasteiger partial charge >= 0.3 is 0 Å². The molecule has 1 amide bonds. The van der Waals surface area contributed by atoms with Crippen molar-refractivity contribution < 1.29 is 4.79 Å². The Bertz CT molecular complexity index is 1250. The van der Waals surface area contributed by atoms with Gasteiger partial charge in [0.05, 0.1) is 23.1 Å². The fourth-order valence-corrected chi connectivity index (χ4v) is 7.47. The second kappa shape index (κ2) is 7.16. The van der Waals surface area contributed by atoms with E-state index in [2.05, 4.69) is 32.7 Å². The van der Waals surface area contributed by atoms with Crippen LogP contribution >= 0.6 is 0 Å². The number of aromatic nitrogens is 3. The lowest BCUT2D eigenvalue weighted by Gasteiger charge is -2.61. The molecule has 4 aliphatic carbocycles. The SMILES string of the molecule is C[C@H]1CN(c2ncnc3c2C2(CCC2)CN3c2cc(C#N)ccn2)C[C@H]1N(C)C(=O)C12CC(C1)C2. The van der Waals surface area contributed by atoms with Crippen LogP contribution in [0.1, 0.15) is 56.6 Å². The maximum Gasteiger partial charge on any atom is 0.228 e. The molecule has 0 unspecified atom stereocenters. The molecule has 8 rings (SSSR count). The first kappa shape index (κ1) is 21.1. The van der Waals surface area contributed by atoms with Crippen LogP contribution in [0.4, 0.5) is 17.5 Å². The Morgan fingerprint density at radius 1 is 1.17 bits per heavy atom. The van der Waals surface area contributed by atoms with Gasteiger partial charge in [-0.2, -0.15) is 5.26 Å². The highest BCUT2D eigenvalue weighted by molar-refractivity contribution is 5.86. The maximum atomic E-state index is 13.3. The molecule has 2 aromatic heterocycles. The van der Waals surface area contributed by atoms with Crippen molar-refractivity contribution in [3.05, 3.63) is 35.8 Å². The van der Waals surface area contributed by atoms with Crippen molar-refractivity contribution in [3.63, 3.8) is 0 Å². The molecule has 4 heterocycles. The van der Waals surface area contributed by atoms with Gasteiger partial charge in [-0.1, -0.05) is 13.3 Å². The van der Waals surface area contributed by atoms with E-state index in [0.717, 1.165) is 75.1 Å². The molecule has 8 heteroatoms. The molecule has 0 radical (unpaired) electrons. The molecule has 6 aliphatic rings. The van der Waals surface area contributed by atoms with Crippen LogP contribution in [0.2, 0.25) is 0 Å². The van der Waals surface area contributed by atoms with Crippen LogP contribution in [0.3, 0.4) is 0 Å². The minimum Gasteiger partial charge on any atom is -0.354 e. The standard InChI is InChI=1S/C27H31N7O/c1-17-13-33(14-20(17)32(2)25(35)27-9-19(10-27)11-27)23-22-24(31-16-30-23)34(15-26(22)5-3-6-26)21-8-18(12-28)4-7-29-21/h4,7-8,16-17,19-20H,3,5-6,9-11,13-15H2,1-2H3/t17-,19?,20+,27?/m0/s1. The van der Waals surface area contributed by atoms with Gasteiger partial charge in [0, 0.05) is 43.9 Å². The number of likely N-dealkylation sites (N-methyl/N-ethyl adjacent to an activating group) is 1. The number of nitrogens with zero attached hydrogens (tertiary/aromatic N) is 7. The van der Waals surface area contributed by atoms with Crippen LogP contribution < -0.4 is 9.80 Å². The van der Waals surface area contributed by atoms with E-state index in [1.807, 2.05) is 13.1 Å². The molecular formula is C27H31N7O.